The van der Waals surface area contributed by atoms with Gasteiger partial charge in [0.15, 0.2) is 0 Å². The number of nitrogens with two attached hydrogens (primary N) is 1. The monoisotopic (exact) mass is 253 g/mol. The summed E-state index contributed by atoms with van der Waals surface area (Å²) in [5, 5.41) is 0. The third-order valence-corrected chi connectivity index (χ3v) is 2.57. The van der Waals surface area contributed by atoms with Gasteiger partial charge < -0.3 is 14.9 Å². The van der Waals surface area contributed by atoms with Gasteiger partial charge in [-0.15, -0.1) is 0 Å². The van der Waals surface area contributed by atoms with E-state index in [9.17, 15) is 8.78 Å². The number of benzene rings is 1. The van der Waals surface area contributed by atoms with Gasteiger partial charge in [0.1, 0.15) is 29.8 Å². The highest BCUT2D eigenvalue weighted by atomic mass is 19.1. The molecule has 0 aliphatic carbocycles. The van der Waals surface area contributed by atoms with E-state index in [2.05, 4.69) is 0 Å². The maximum absolute atomic E-state index is 13.6. The maximum Gasteiger partial charge on any atom is 0.131 e. The Labute approximate surface area is 103 Å². The molecule has 0 spiro atoms. The Kier molecular flexibility index (Phi) is 3.74. The second-order valence-corrected chi connectivity index (χ2v) is 3.88. The van der Waals surface area contributed by atoms with Crippen LogP contribution in [-0.2, 0) is 11.3 Å². The minimum absolute atomic E-state index is 0.190. The van der Waals surface area contributed by atoms with Gasteiger partial charge in [0.2, 0.25) is 0 Å². The standard InChI is InChI=1S/C13H13F2NO2/c1-17-7-9-3-5-12(18-9)13(16)10-4-2-8(14)6-11(10)15/h2-6,13H,7,16H2,1H3. The molecule has 0 radical (unpaired) electrons. The first-order valence-corrected chi connectivity index (χ1v) is 5.40. The molecule has 3 nitrogen and oxygen atoms in total. The third-order valence-electron chi connectivity index (χ3n) is 2.57. The highest BCUT2D eigenvalue weighted by Gasteiger charge is 2.17. The number of ether oxygens (including phenoxy) is 1. The highest BCUT2D eigenvalue weighted by Crippen LogP contribution is 2.24. The van der Waals surface area contributed by atoms with Crippen LogP contribution in [0.1, 0.15) is 23.1 Å². The molecule has 1 unspecified atom stereocenters. The van der Waals surface area contributed by atoms with Crippen LogP contribution in [0.15, 0.2) is 34.7 Å². The molecule has 0 fully saturated rings. The number of hydrogen-bond acceptors (Lipinski definition) is 3. The Balaban J connectivity index is 2.26. The second-order valence-electron chi connectivity index (χ2n) is 3.88. The van der Waals surface area contributed by atoms with Gasteiger partial charge in [0.25, 0.3) is 0 Å². The SMILES string of the molecule is COCc1ccc(C(N)c2ccc(F)cc2F)o1. The van der Waals surface area contributed by atoms with Gasteiger partial charge in [-0.3, -0.25) is 0 Å². The van der Waals surface area contributed by atoms with Crippen LogP contribution < -0.4 is 5.73 Å². The van der Waals surface area contributed by atoms with Crippen molar-refractivity contribution in [2.24, 2.45) is 5.73 Å². The minimum atomic E-state index is -0.767. The Morgan fingerprint density at radius 2 is 2.06 bits per heavy atom. The quantitative estimate of drug-likeness (QED) is 0.911. The van der Waals surface area contributed by atoms with Crippen LogP contribution in [0.25, 0.3) is 0 Å². The average Bonchev–Trinajstić information content (AvgIpc) is 2.77. The fourth-order valence-electron chi connectivity index (χ4n) is 1.69. The predicted octanol–water partition coefficient (Wildman–Crippen LogP) is 2.75. The molecule has 0 amide bonds. The molecule has 96 valence electrons. The molecule has 1 heterocycles. The highest BCUT2D eigenvalue weighted by molar-refractivity contribution is 5.28. The van der Waals surface area contributed by atoms with E-state index in [0.29, 0.717) is 18.1 Å². The lowest BCUT2D eigenvalue weighted by molar-refractivity contribution is 0.162. The summed E-state index contributed by atoms with van der Waals surface area (Å²) >= 11 is 0. The van der Waals surface area contributed by atoms with E-state index in [1.165, 1.54) is 6.07 Å². The summed E-state index contributed by atoms with van der Waals surface area (Å²) in [7, 11) is 1.54. The Morgan fingerprint density at radius 3 is 2.72 bits per heavy atom. The van der Waals surface area contributed by atoms with Crippen molar-refractivity contribution in [1.29, 1.82) is 0 Å². The lowest BCUT2D eigenvalue weighted by atomic mass is 10.0. The van der Waals surface area contributed by atoms with Crippen LogP contribution in [0, 0.1) is 11.6 Å². The maximum atomic E-state index is 13.6. The lowest BCUT2D eigenvalue weighted by Crippen LogP contribution is -2.13. The van der Waals surface area contributed by atoms with E-state index in [-0.39, 0.29) is 5.56 Å². The van der Waals surface area contributed by atoms with E-state index in [0.717, 1.165) is 12.1 Å². The molecule has 0 saturated heterocycles. The number of hydrogen-bond donors (Lipinski definition) is 1. The fraction of sp³-hybridized carbons (Fsp3) is 0.231. The summed E-state index contributed by atoms with van der Waals surface area (Å²) in [6.07, 6.45) is 0. The normalized spacial score (nSPS) is 12.7. The van der Waals surface area contributed by atoms with Crippen molar-refractivity contribution in [3.8, 4) is 0 Å². The zero-order valence-corrected chi connectivity index (χ0v) is 9.82. The minimum Gasteiger partial charge on any atom is -0.462 e. The summed E-state index contributed by atoms with van der Waals surface area (Å²) in [4.78, 5) is 0. The van der Waals surface area contributed by atoms with Crippen molar-refractivity contribution < 1.29 is 17.9 Å². The first kappa shape index (κ1) is 12.7. The fourth-order valence-corrected chi connectivity index (χ4v) is 1.69. The van der Waals surface area contributed by atoms with Crippen LogP contribution >= 0.6 is 0 Å². The Bertz CT molecular complexity index is 540. The summed E-state index contributed by atoms with van der Waals surface area (Å²) in [5.74, 6) is -0.312. The predicted molar refractivity (Wildman–Crippen MR) is 61.8 cm³/mol. The van der Waals surface area contributed by atoms with E-state index in [4.69, 9.17) is 14.9 Å². The molecule has 0 bridgehead atoms. The van der Waals surface area contributed by atoms with Gasteiger partial charge in [-0.2, -0.15) is 0 Å². The van der Waals surface area contributed by atoms with Crippen molar-refractivity contribution in [2.75, 3.05) is 7.11 Å². The van der Waals surface area contributed by atoms with Crippen molar-refractivity contribution in [3.05, 3.63) is 59.1 Å². The van der Waals surface area contributed by atoms with Crippen LogP contribution in [-0.4, -0.2) is 7.11 Å². The van der Waals surface area contributed by atoms with Gasteiger partial charge in [-0.1, -0.05) is 6.07 Å². The number of furan rings is 1. The molecule has 2 N–H and O–H groups in total. The van der Waals surface area contributed by atoms with Crippen molar-refractivity contribution in [2.45, 2.75) is 12.6 Å². The summed E-state index contributed by atoms with van der Waals surface area (Å²) in [5.41, 5.74) is 6.07. The molecule has 18 heavy (non-hydrogen) atoms. The first-order chi connectivity index (χ1) is 8.61. The van der Waals surface area contributed by atoms with Gasteiger partial charge in [-0.05, 0) is 18.2 Å². The Hall–Kier alpha value is -1.72. The van der Waals surface area contributed by atoms with E-state index in [1.54, 1.807) is 19.2 Å². The van der Waals surface area contributed by atoms with Gasteiger partial charge in [0, 0.05) is 18.7 Å². The van der Waals surface area contributed by atoms with Crippen molar-refractivity contribution >= 4 is 0 Å². The van der Waals surface area contributed by atoms with Crippen LogP contribution in [0.2, 0.25) is 0 Å². The first-order valence-electron chi connectivity index (χ1n) is 5.40. The molecule has 2 aromatic rings. The molecule has 1 aromatic carbocycles. The molecule has 0 saturated carbocycles. The average molecular weight is 253 g/mol. The topological polar surface area (TPSA) is 48.4 Å². The molecule has 5 heteroatoms. The van der Waals surface area contributed by atoms with Crippen LogP contribution in [0.4, 0.5) is 8.78 Å². The molecule has 0 aliphatic rings. The molecule has 2 rings (SSSR count). The summed E-state index contributed by atoms with van der Waals surface area (Å²) in [6, 6.07) is 5.87. The lowest BCUT2D eigenvalue weighted by Gasteiger charge is -2.10. The molecule has 0 aliphatic heterocycles. The largest absolute Gasteiger partial charge is 0.462 e. The van der Waals surface area contributed by atoms with Crippen molar-refractivity contribution in [1.82, 2.24) is 0 Å². The molecular formula is C13H13F2NO2. The number of methoxy groups -OCH3 is 1. The second kappa shape index (κ2) is 5.29. The summed E-state index contributed by atoms with van der Waals surface area (Å²) in [6.45, 7) is 0.318. The molecular weight excluding hydrogens is 240 g/mol. The number of rotatable bonds is 4. The summed E-state index contributed by atoms with van der Waals surface area (Å²) < 4.78 is 36.7. The zero-order valence-electron chi connectivity index (χ0n) is 9.82. The third kappa shape index (κ3) is 2.57. The van der Waals surface area contributed by atoms with Gasteiger partial charge >= 0.3 is 0 Å². The van der Waals surface area contributed by atoms with Crippen LogP contribution in [0.3, 0.4) is 0 Å². The zero-order chi connectivity index (χ0) is 13.1. The van der Waals surface area contributed by atoms with Crippen LogP contribution in [0.5, 0.6) is 0 Å². The van der Waals surface area contributed by atoms with Crippen molar-refractivity contribution in [3.63, 3.8) is 0 Å². The van der Waals surface area contributed by atoms with E-state index >= 15 is 0 Å². The number of halogens is 2. The molecule has 1 aromatic heterocycles. The molecule has 1 atom stereocenters. The van der Waals surface area contributed by atoms with E-state index in [1.807, 2.05) is 0 Å². The van der Waals surface area contributed by atoms with Gasteiger partial charge in [0.05, 0.1) is 6.04 Å². The van der Waals surface area contributed by atoms with E-state index < -0.39 is 17.7 Å². The van der Waals surface area contributed by atoms with Gasteiger partial charge in [-0.25, -0.2) is 8.78 Å². The Morgan fingerprint density at radius 1 is 1.28 bits per heavy atom. The smallest absolute Gasteiger partial charge is 0.131 e.